The fourth-order valence-electron chi connectivity index (χ4n) is 2.27. The third kappa shape index (κ3) is 2.18. The number of methoxy groups -OCH3 is 1. The molecule has 3 heteroatoms. The highest BCUT2D eigenvalue weighted by Crippen LogP contribution is 2.30. The average molecular weight is 219 g/mol. The number of aryl methyl sites for hydroxylation is 2. The predicted octanol–water partition coefficient (Wildman–Crippen LogP) is 2.73. The second-order valence-corrected chi connectivity index (χ2v) is 4.28. The number of fused-ring (bicyclic) bond motifs is 1. The highest BCUT2D eigenvalue weighted by atomic mass is 16.5. The second-order valence-electron chi connectivity index (χ2n) is 4.28. The van der Waals surface area contributed by atoms with Crippen molar-refractivity contribution in [1.29, 1.82) is 0 Å². The lowest BCUT2D eigenvalue weighted by Gasteiger charge is -2.26. The van der Waals surface area contributed by atoms with Crippen LogP contribution in [0.5, 0.6) is 0 Å². The van der Waals surface area contributed by atoms with Crippen molar-refractivity contribution in [3.63, 3.8) is 0 Å². The number of rotatable bonds is 1. The number of benzene rings is 1. The zero-order chi connectivity index (χ0) is 11.5. The smallest absolute Gasteiger partial charge is 0.407 e. The summed E-state index contributed by atoms with van der Waals surface area (Å²) < 4.78 is 4.65. The first-order valence-corrected chi connectivity index (χ1v) is 5.64. The van der Waals surface area contributed by atoms with E-state index in [2.05, 4.69) is 35.2 Å². The van der Waals surface area contributed by atoms with E-state index in [4.69, 9.17) is 0 Å². The highest BCUT2D eigenvalue weighted by molar-refractivity contribution is 5.67. The summed E-state index contributed by atoms with van der Waals surface area (Å²) in [7, 11) is 1.40. The number of hydrogen-bond donors (Lipinski definition) is 1. The maximum Gasteiger partial charge on any atom is 0.407 e. The van der Waals surface area contributed by atoms with E-state index in [1.807, 2.05) is 0 Å². The lowest BCUT2D eigenvalue weighted by molar-refractivity contribution is 0.165. The Labute approximate surface area is 95.8 Å². The fourth-order valence-corrected chi connectivity index (χ4v) is 2.27. The molecule has 16 heavy (non-hydrogen) atoms. The van der Waals surface area contributed by atoms with Crippen molar-refractivity contribution in [3.05, 3.63) is 34.9 Å². The number of nitrogens with one attached hydrogen (secondary N) is 1. The third-order valence-electron chi connectivity index (χ3n) is 3.09. The minimum absolute atomic E-state index is 0.107. The van der Waals surface area contributed by atoms with Gasteiger partial charge in [-0.15, -0.1) is 0 Å². The van der Waals surface area contributed by atoms with Crippen LogP contribution in [0.1, 0.15) is 35.6 Å². The maximum absolute atomic E-state index is 11.2. The monoisotopic (exact) mass is 219 g/mol. The van der Waals surface area contributed by atoms with Crippen LogP contribution >= 0.6 is 0 Å². The number of hydrogen-bond acceptors (Lipinski definition) is 2. The van der Waals surface area contributed by atoms with Gasteiger partial charge < -0.3 is 10.1 Å². The van der Waals surface area contributed by atoms with E-state index in [9.17, 15) is 4.79 Å². The number of carbonyl (C=O) groups is 1. The Hall–Kier alpha value is -1.51. The molecule has 1 aliphatic rings. The zero-order valence-corrected chi connectivity index (χ0v) is 9.75. The zero-order valence-electron chi connectivity index (χ0n) is 9.75. The summed E-state index contributed by atoms with van der Waals surface area (Å²) >= 11 is 0. The van der Waals surface area contributed by atoms with Crippen LogP contribution in [0.2, 0.25) is 0 Å². The van der Waals surface area contributed by atoms with Gasteiger partial charge >= 0.3 is 6.09 Å². The Bertz CT molecular complexity index is 401. The summed E-state index contributed by atoms with van der Waals surface area (Å²) in [5.74, 6) is 0. The molecule has 1 aliphatic carbocycles. The normalized spacial score (nSPS) is 18.8. The first-order valence-electron chi connectivity index (χ1n) is 5.64. The van der Waals surface area contributed by atoms with Crippen LogP contribution in [0.25, 0.3) is 0 Å². The molecule has 0 spiro atoms. The summed E-state index contributed by atoms with van der Waals surface area (Å²) in [6.45, 7) is 2.07. The Morgan fingerprint density at radius 3 is 3.06 bits per heavy atom. The summed E-state index contributed by atoms with van der Waals surface area (Å²) in [5, 5.41) is 2.89. The molecule has 1 aromatic rings. The Balaban J connectivity index is 2.24. The Morgan fingerprint density at radius 1 is 1.50 bits per heavy atom. The molecule has 2 rings (SSSR count). The van der Waals surface area contributed by atoms with Gasteiger partial charge in [-0.2, -0.15) is 0 Å². The van der Waals surface area contributed by atoms with E-state index >= 15 is 0 Å². The van der Waals surface area contributed by atoms with E-state index in [1.165, 1.54) is 23.8 Å². The van der Waals surface area contributed by atoms with E-state index in [0.717, 1.165) is 19.3 Å². The van der Waals surface area contributed by atoms with Crippen LogP contribution in [0.15, 0.2) is 18.2 Å². The van der Waals surface area contributed by atoms with Gasteiger partial charge in [-0.3, -0.25) is 0 Å². The number of amides is 1. The molecule has 1 unspecified atom stereocenters. The van der Waals surface area contributed by atoms with Gasteiger partial charge in [0.1, 0.15) is 0 Å². The lowest BCUT2D eigenvalue weighted by atomic mass is 9.87. The molecule has 86 valence electrons. The molecular weight excluding hydrogens is 202 g/mol. The molecule has 3 nitrogen and oxygen atoms in total. The van der Waals surface area contributed by atoms with Crippen LogP contribution in [0.3, 0.4) is 0 Å². The topological polar surface area (TPSA) is 38.3 Å². The van der Waals surface area contributed by atoms with Crippen LogP contribution in [-0.2, 0) is 11.2 Å². The van der Waals surface area contributed by atoms with Gasteiger partial charge in [0, 0.05) is 0 Å². The van der Waals surface area contributed by atoms with Crippen molar-refractivity contribution in [3.8, 4) is 0 Å². The van der Waals surface area contributed by atoms with E-state index in [1.54, 1.807) is 0 Å². The van der Waals surface area contributed by atoms with Gasteiger partial charge in [-0.05, 0) is 37.3 Å². The molecule has 0 aromatic heterocycles. The number of alkyl carbamates (subject to hydrolysis) is 1. The molecule has 0 heterocycles. The first kappa shape index (κ1) is 11.0. The van der Waals surface area contributed by atoms with E-state index in [-0.39, 0.29) is 12.1 Å². The molecule has 0 aliphatic heterocycles. The van der Waals surface area contributed by atoms with Crippen molar-refractivity contribution >= 4 is 6.09 Å². The predicted molar refractivity (Wildman–Crippen MR) is 62.4 cm³/mol. The summed E-state index contributed by atoms with van der Waals surface area (Å²) in [5.41, 5.74) is 3.83. The highest BCUT2D eigenvalue weighted by Gasteiger charge is 2.21. The second kappa shape index (κ2) is 4.56. The largest absolute Gasteiger partial charge is 0.453 e. The third-order valence-corrected chi connectivity index (χ3v) is 3.09. The van der Waals surface area contributed by atoms with Crippen molar-refractivity contribution < 1.29 is 9.53 Å². The summed E-state index contributed by atoms with van der Waals surface area (Å²) in [6, 6.07) is 6.56. The van der Waals surface area contributed by atoms with Crippen molar-refractivity contribution in [2.24, 2.45) is 0 Å². The van der Waals surface area contributed by atoms with Gasteiger partial charge in [0.25, 0.3) is 0 Å². The summed E-state index contributed by atoms with van der Waals surface area (Å²) in [6.07, 6.45) is 2.87. The maximum atomic E-state index is 11.2. The fraction of sp³-hybridized carbons (Fsp3) is 0.462. The molecular formula is C13H17NO2. The van der Waals surface area contributed by atoms with E-state index < -0.39 is 0 Å². The van der Waals surface area contributed by atoms with Crippen molar-refractivity contribution in [1.82, 2.24) is 5.32 Å². The van der Waals surface area contributed by atoms with Crippen molar-refractivity contribution in [2.45, 2.75) is 32.2 Å². The standard InChI is InChI=1S/C13H17NO2/c1-9-6-7-10-4-3-5-12(11(10)8-9)14-13(15)16-2/h6-8,12H,3-5H2,1-2H3,(H,14,15). The molecule has 0 fully saturated rings. The van der Waals surface area contributed by atoms with E-state index in [0.29, 0.717) is 0 Å². The summed E-state index contributed by atoms with van der Waals surface area (Å²) in [4.78, 5) is 11.2. The molecule has 0 bridgehead atoms. The van der Waals surface area contributed by atoms with Gasteiger partial charge in [0.05, 0.1) is 13.2 Å². The molecule has 0 radical (unpaired) electrons. The molecule has 1 atom stereocenters. The van der Waals surface area contributed by atoms with Crippen molar-refractivity contribution in [2.75, 3.05) is 7.11 Å². The van der Waals surface area contributed by atoms with Crippen LogP contribution in [-0.4, -0.2) is 13.2 Å². The minimum atomic E-state index is -0.348. The van der Waals surface area contributed by atoms with Gasteiger partial charge in [-0.25, -0.2) is 4.79 Å². The molecule has 0 saturated carbocycles. The molecule has 1 amide bonds. The van der Waals surface area contributed by atoms with Gasteiger partial charge in [0.15, 0.2) is 0 Å². The number of carbonyl (C=O) groups excluding carboxylic acids is 1. The Kier molecular flexibility index (Phi) is 3.13. The van der Waals surface area contributed by atoms with Gasteiger partial charge in [-0.1, -0.05) is 23.8 Å². The SMILES string of the molecule is COC(=O)NC1CCCc2ccc(C)cc21. The number of ether oxygens (including phenoxy) is 1. The molecule has 1 aromatic carbocycles. The minimum Gasteiger partial charge on any atom is -0.453 e. The molecule has 1 N–H and O–H groups in total. The molecule has 0 saturated heterocycles. The van der Waals surface area contributed by atoms with Gasteiger partial charge in [0.2, 0.25) is 0 Å². The average Bonchev–Trinajstić information content (AvgIpc) is 2.29. The van der Waals surface area contributed by atoms with Crippen LogP contribution in [0, 0.1) is 6.92 Å². The Morgan fingerprint density at radius 2 is 2.31 bits per heavy atom. The quantitative estimate of drug-likeness (QED) is 0.788. The lowest BCUT2D eigenvalue weighted by Crippen LogP contribution is -2.30. The van der Waals surface area contributed by atoms with Crippen LogP contribution in [0.4, 0.5) is 4.79 Å². The van der Waals surface area contributed by atoms with Crippen LogP contribution < -0.4 is 5.32 Å². The first-order chi connectivity index (χ1) is 7.70.